The molecular formula is C48H26O2. The van der Waals surface area contributed by atoms with Crippen LogP contribution in [-0.2, 0) is 0 Å². The normalized spacial score (nSPS) is 12.4. The maximum absolute atomic E-state index is 6.42. The molecule has 0 saturated heterocycles. The Morgan fingerprint density at radius 3 is 1.08 bits per heavy atom. The van der Waals surface area contributed by atoms with Gasteiger partial charge in [0, 0.05) is 21.5 Å². The van der Waals surface area contributed by atoms with Gasteiger partial charge in [-0.15, -0.1) is 0 Å². The second-order valence-corrected chi connectivity index (χ2v) is 13.7. The predicted octanol–water partition coefficient (Wildman–Crippen LogP) is 14.0. The van der Waals surface area contributed by atoms with E-state index in [0.717, 1.165) is 44.2 Å². The van der Waals surface area contributed by atoms with E-state index in [1.165, 1.54) is 75.8 Å². The van der Waals surface area contributed by atoms with Crippen molar-refractivity contribution in [2.45, 2.75) is 0 Å². The molecule has 0 unspecified atom stereocenters. The zero-order chi connectivity index (χ0) is 32.5. The summed E-state index contributed by atoms with van der Waals surface area (Å²) in [7, 11) is 0. The molecule has 0 amide bonds. The van der Waals surface area contributed by atoms with Crippen molar-refractivity contribution in [1.29, 1.82) is 0 Å². The van der Waals surface area contributed by atoms with Crippen molar-refractivity contribution in [1.82, 2.24) is 0 Å². The fourth-order valence-electron chi connectivity index (χ4n) is 8.62. The van der Waals surface area contributed by atoms with E-state index in [4.69, 9.17) is 8.83 Å². The van der Waals surface area contributed by atoms with Crippen LogP contribution in [-0.4, -0.2) is 0 Å². The van der Waals surface area contributed by atoms with Crippen LogP contribution in [0.5, 0.6) is 0 Å². The van der Waals surface area contributed by atoms with Crippen molar-refractivity contribution in [2.24, 2.45) is 0 Å². The lowest BCUT2D eigenvalue weighted by Crippen LogP contribution is -1.87. The van der Waals surface area contributed by atoms with Crippen molar-refractivity contribution >= 4 is 97.7 Å². The summed E-state index contributed by atoms with van der Waals surface area (Å²) in [4.78, 5) is 0. The lowest BCUT2D eigenvalue weighted by Gasteiger charge is -2.14. The minimum atomic E-state index is 0.917. The van der Waals surface area contributed by atoms with Crippen LogP contribution in [0.4, 0.5) is 0 Å². The molecule has 12 aromatic rings. The van der Waals surface area contributed by atoms with Gasteiger partial charge in [0.25, 0.3) is 0 Å². The molecule has 0 fully saturated rings. The molecule has 50 heavy (non-hydrogen) atoms. The molecule has 0 aliphatic carbocycles. The molecule has 10 aromatic carbocycles. The summed E-state index contributed by atoms with van der Waals surface area (Å²) in [6, 6.07) is 57.3. The summed E-state index contributed by atoms with van der Waals surface area (Å²) in [5.41, 5.74) is 8.38. The van der Waals surface area contributed by atoms with Crippen LogP contribution in [0.2, 0.25) is 0 Å². The second-order valence-electron chi connectivity index (χ2n) is 13.7. The predicted molar refractivity (Wildman–Crippen MR) is 211 cm³/mol. The fourth-order valence-corrected chi connectivity index (χ4v) is 8.62. The molecule has 0 aliphatic rings. The first-order chi connectivity index (χ1) is 24.7. The van der Waals surface area contributed by atoms with Gasteiger partial charge in [-0.3, -0.25) is 0 Å². The van der Waals surface area contributed by atoms with E-state index in [9.17, 15) is 0 Å². The average Bonchev–Trinajstić information content (AvgIpc) is 3.74. The highest BCUT2D eigenvalue weighted by atomic mass is 16.3. The van der Waals surface area contributed by atoms with Crippen LogP contribution >= 0.6 is 0 Å². The van der Waals surface area contributed by atoms with Crippen LogP contribution < -0.4 is 0 Å². The Hall–Kier alpha value is -6.64. The summed E-state index contributed by atoms with van der Waals surface area (Å²) in [6.45, 7) is 0. The van der Waals surface area contributed by atoms with Gasteiger partial charge in [-0.1, -0.05) is 97.1 Å². The van der Waals surface area contributed by atoms with Gasteiger partial charge in [-0.05, 0) is 137 Å². The highest BCUT2D eigenvalue weighted by Gasteiger charge is 2.16. The Balaban J connectivity index is 0.982. The summed E-state index contributed by atoms with van der Waals surface area (Å²) in [5.74, 6) is 0. The van der Waals surface area contributed by atoms with Gasteiger partial charge in [-0.25, -0.2) is 0 Å². The Kier molecular flexibility index (Phi) is 5.00. The topological polar surface area (TPSA) is 26.3 Å². The van der Waals surface area contributed by atoms with Crippen LogP contribution in [0, 0.1) is 0 Å². The molecule has 2 heteroatoms. The molecule has 230 valence electrons. The molecule has 0 bridgehead atoms. The van der Waals surface area contributed by atoms with Crippen molar-refractivity contribution in [3.05, 3.63) is 158 Å². The molecule has 12 rings (SSSR count). The molecular weight excluding hydrogens is 609 g/mol. The smallest absolute Gasteiger partial charge is 0.136 e. The van der Waals surface area contributed by atoms with Gasteiger partial charge in [0.05, 0.1) is 0 Å². The first-order valence-electron chi connectivity index (χ1n) is 17.1. The van der Waals surface area contributed by atoms with E-state index in [0.29, 0.717) is 0 Å². The zero-order valence-corrected chi connectivity index (χ0v) is 26.8. The molecule has 2 nitrogen and oxygen atoms in total. The third kappa shape index (κ3) is 3.57. The Labute approximate surface area is 285 Å². The van der Waals surface area contributed by atoms with Crippen LogP contribution in [0.15, 0.2) is 167 Å². The summed E-state index contributed by atoms with van der Waals surface area (Å²) >= 11 is 0. The zero-order valence-electron chi connectivity index (χ0n) is 26.8. The van der Waals surface area contributed by atoms with Gasteiger partial charge in [0.15, 0.2) is 0 Å². The van der Waals surface area contributed by atoms with Crippen molar-refractivity contribution in [2.75, 3.05) is 0 Å². The van der Waals surface area contributed by atoms with Gasteiger partial charge >= 0.3 is 0 Å². The molecule has 0 N–H and O–H groups in total. The number of hydrogen-bond donors (Lipinski definition) is 0. The van der Waals surface area contributed by atoms with Crippen LogP contribution in [0.1, 0.15) is 0 Å². The molecule has 0 aliphatic heterocycles. The Bertz CT molecular complexity index is 3080. The first kappa shape index (κ1) is 26.3. The molecule has 0 spiro atoms. The number of fused-ring (bicyclic) bond motifs is 10. The van der Waals surface area contributed by atoms with Gasteiger partial charge < -0.3 is 8.83 Å². The third-order valence-electron chi connectivity index (χ3n) is 10.9. The van der Waals surface area contributed by atoms with Crippen LogP contribution in [0.3, 0.4) is 0 Å². The molecule has 2 aromatic heterocycles. The molecule has 0 radical (unpaired) electrons. The number of furan rings is 2. The fraction of sp³-hybridized carbons (Fsp3) is 0. The van der Waals surface area contributed by atoms with E-state index >= 15 is 0 Å². The highest BCUT2D eigenvalue weighted by Crippen LogP contribution is 2.42. The van der Waals surface area contributed by atoms with Gasteiger partial charge in [-0.2, -0.15) is 0 Å². The minimum absolute atomic E-state index is 0.917. The van der Waals surface area contributed by atoms with E-state index in [2.05, 4.69) is 158 Å². The van der Waals surface area contributed by atoms with E-state index < -0.39 is 0 Å². The average molecular weight is 635 g/mol. The number of rotatable bonds is 2. The monoisotopic (exact) mass is 634 g/mol. The summed E-state index contributed by atoms with van der Waals surface area (Å²) < 4.78 is 12.8. The quantitative estimate of drug-likeness (QED) is 0.177. The Morgan fingerprint density at radius 2 is 0.640 bits per heavy atom. The summed E-state index contributed by atoms with van der Waals surface area (Å²) in [5, 5.41) is 17.2. The van der Waals surface area contributed by atoms with Gasteiger partial charge in [0.2, 0.25) is 0 Å². The molecule has 0 atom stereocenters. The first-order valence-corrected chi connectivity index (χ1v) is 17.1. The minimum Gasteiger partial charge on any atom is -0.456 e. The van der Waals surface area contributed by atoms with Crippen molar-refractivity contribution in [3.8, 4) is 22.3 Å². The van der Waals surface area contributed by atoms with Gasteiger partial charge in [0.1, 0.15) is 22.3 Å². The molecule has 2 heterocycles. The second kappa shape index (κ2) is 9.49. The Morgan fingerprint density at radius 1 is 0.240 bits per heavy atom. The van der Waals surface area contributed by atoms with E-state index in [1.54, 1.807) is 0 Å². The lowest BCUT2D eigenvalue weighted by atomic mass is 9.89. The third-order valence-corrected chi connectivity index (χ3v) is 10.9. The lowest BCUT2D eigenvalue weighted by molar-refractivity contribution is 0.669. The maximum Gasteiger partial charge on any atom is 0.136 e. The molecule has 0 saturated carbocycles. The van der Waals surface area contributed by atoms with Crippen molar-refractivity contribution in [3.63, 3.8) is 0 Å². The van der Waals surface area contributed by atoms with E-state index in [1.807, 2.05) is 0 Å². The highest BCUT2D eigenvalue weighted by molar-refractivity contribution is 6.25. The summed E-state index contributed by atoms with van der Waals surface area (Å²) in [6.07, 6.45) is 0. The van der Waals surface area contributed by atoms with Crippen LogP contribution in [0.25, 0.3) is 120 Å². The number of benzene rings is 10. The SMILES string of the molecule is c1ccc2c(c1)ccc1oc3cc(-c4cc5ccc6cc(-c7ccc8c(c7)oc7ccc9ccccc9c78)cc7ccc(c4)c5c67)ccc3c12. The van der Waals surface area contributed by atoms with E-state index in [-0.39, 0.29) is 0 Å². The number of hydrogen-bond acceptors (Lipinski definition) is 2. The van der Waals surface area contributed by atoms with Crippen molar-refractivity contribution < 1.29 is 8.83 Å². The standard InChI is InChI=1S/C48H26O2/c1-3-7-37-27(5-1)15-19-41-47(37)39-17-13-29(25-43(39)49-41)35-21-31-9-11-33-23-36(24-34-12-10-32(22-35)45(31)46(33)34)30-14-18-40-44(26-30)50-42-20-16-28-6-2-4-8-38(28)48(40)42/h1-26H. The maximum atomic E-state index is 6.42. The largest absolute Gasteiger partial charge is 0.456 e.